The molecule has 1 aromatic carbocycles. The number of nitrogens with zero attached hydrogens (tertiary/aromatic N) is 2. The van der Waals surface area contributed by atoms with Crippen LogP contribution < -0.4 is 4.74 Å². The Kier molecular flexibility index (Phi) is 6.54. The number of hydrogen-bond acceptors (Lipinski definition) is 9. The molecule has 1 aliphatic heterocycles. The fourth-order valence-corrected chi connectivity index (χ4v) is 3.80. The predicted octanol–water partition coefficient (Wildman–Crippen LogP) is 3.52. The summed E-state index contributed by atoms with van der Waals surface area (Å²) in [6, 6.07) is 10.2. The van der Waals surface area contributed by atoms with Gasteiger partial charge in [-0.3, -0.25) is 0 Å². The fourth-order valence-electron chi connectivity index (χ4n) is 3.00. The first-order chi connectivity index (χ1) is 15.1. The molecule has 0 radical (unpaired) electrons. The van der Waals surface area contributed by atoms with Crippen LogP contribution in [-0.4, -0.2) is 48.3 Å². The van der Waals surface area contributed by atoms with Crippen molar-refractivity contribution in [1.29, 1.82) is 0 Å². The zero-order valence-corrected chi connectivity index (χ0v) is 17.6. The third kappa shape index (κ3) is 5.25. The van der Waals surface area contributed by atoms with Crippen molar-refractivity contribution in [3.63, 3.8) is 0 Å². The zero-order valence-electron chi connectivity index (χ0n) is 16.8. The maximum atomic E-state index is 12.4. The number of aromatic nitrogens is 2. The van der Waals surface area contributed by atoms with Gasteiger partial charge in [-0.15, -0.1) is 11.3 Å². The van der Waals surface area contributed by atoms with Crippen molar-refractivity contribution < 1.29 is 28.5 Å². The SMILES string of the molecule is COC(=O)c1cccc(-c2nc(COC(=O)c3ccnc(OC4CCOC4)c3)cs2)c1. The van der Waals surface area contributed by atoms with Crippen LogP contribution in [0.25, 0.3) is 10.6 Å². The van der Waals surface area contributed by atoms with E-state index in [2.05, 4.69) is 9.97 Å². The van der Waals surface area contributed by atoms with Gasteiger partial charge in [0.2, 0.25) is 5.88 Å². The maximum Gasteiger partial charge on any atom is 0.338 e. The summed E-state index contributed by atoms with van der Waals surface area (Å²) in [4.78, 5) is 32.8. The minimum atomic E-state index is -0.489. The van der Waals surface area contributed by atoms with Crippen molar-refractivity contribution in [3.05, 3.63) is 64.8 Å². The van der Waals surface area contributed by atoms with E-state index in [-0.39, 0.29) is 12.7 Å². The van der Waals surface area contributed by atoms with Crippen LogP contribution in [0, 0.1) is 0 Å². The van der Waals surface area contributed by atoms with E-state index in [0.29, 0.717) is 35.9 Å². The molecule has 1 unspecified atom stereocenters. The highest BCUT2D eigenvalue weighted by Crippen LogP contribution is 2.25. The summed E-state index contributed by atoms with van der Waals surface area (Å²) < 4.78 is 21.1. The lowest BCUT2D eigenvalue weighted by Gasteiger charge is -2.11. The van der Waals surface area contributed by atoms with Crippen LogP contribution in [0.4, 0.5) is 0 Å². The molecule has 1 atom stereocenters. The van der Waals surface area contributed by atoms with E-state index < -0.39 is 11.9 Å². The summed E-state index contributed by atoms with van der Waals surface area (Å²) in [6.45, 7) is 1.21. The van der Waals surface area contributed by atoms with Gasteiger partial charge in [-0.25, -0.2) is 19.6 Å². The Morgan fingerprint density at radius 2 is 2.06 bits per heavy atom. The number of esters is 2. The Morgan fingerprint density at radius 1 is 1.19 bits per heavy atom. The Labute approximate surface area is 182 Å². The van der Waals surface area contributed by atoms with Crippen molar-refractivity contribution in [2.24, 2.45) is 0 Å². The number of ether oxygens (including phenoxy) is 4. The van der Waals surface area contributed by atoms with Gasteiger partial charge in [0, 0.05) is 29.6 Å². The second-order valence-corrected chi connectivity index (χ2v) is 7.64. The molecule has 1 saturated heterocycles. The molecule has 160 valence electrons. The Morgan fingerprint density at radius 3 is 2.87 bits per heavy atom. The molecule has 1 aliphatic rings. The molecule has 3 aromatic rings. The van der Waals surface area contributed by atoms with E-state index >= 15 is 0 Å². The van der Waals surface area contributed by atoms with E-state index in [1.807, 2.05) is 11.4 Å². The van der Waals surface area contributed by atoms with Crippen LogP contribution in [0.3, 0.4) is 0 Å². The van der Waals surface area contributed by atoms with Gasteiger partial charge in [-0.2, -0.15) is 0 Å². The van der Waals surface area contributed by atoms with Gasteiger partial charge in [0.1, 0.15) is 17.7 Å². The molecule has 0 bridgehead atoms. The molecule has 9 heteroatoms. The Bertz CT molecular complexity index is 1080. The summed E-state index contributed by atoms with van der Waals surface area (Å²) in [5, 5.41) is 2.53. The summed E-state index contributed by atoms with van der Waals surface area (Å²) >= 11 is 1.40. The van der Waals surface area contributed by atoms with Crippen molar-refractivity contribution in [2.75, 3.05) is 20.3 Å². The number of thiazole rings is 1. The van der Waals surface area contributed by atoms with Gasteiger partial charge in [0.25, 0.3) is 0 Å². The standard InChI is InChI=1S/C22H20N2O6S/c1-27-21(25)15-4-2-3-14(9-15)20-24-17(13-31-20)11-29-22(26)16-5-7-23-19(10-16)30-18-6-8-28-12-18/h2-5,7,9-10,13,18H,6,8,11-12H2,1H3. The molecule has 0 amide bonds. The first-order valence-electron chi connectivity index (χ1n) is 9.63. The van der Waals surface area contributed by atoms with Crippen LogP contribution in [0.5, 0.6) is 5.88 Å². The summed E-state index contributed by atoms with van der Waals surface area (Å²) in [7, 11) is 1.34. The topological polar surface area (TPSA) is 96.8 Å². The number of rotatable bonds is 7. The number of carbonyl (C=O) groups excluding carboxylic acids is 2. The van der Waals surface area contributed by atoms with Gasteiger partial charge in [-0.05, 0) is 18.2 Å². The minimum Gasteiger partial charge on any atom is -0.472 e. The lowest BCUT2D eigenvalue weighted by Crippen LogP contribution is -2.16. The van der Waals surface area contributed by atoms with Crippen molar-refractivity contribution >= 4 is 23.3 Å². The van der Waals surface area contributed by atoms with E-state index in [1.54, 1.807) is 30.3 Å². The number of methoxy groups -OCH3 is 1. The number of carbonyl (C=O) groups is 2. The van der Waals surface area contributed by atoms with Gasteiger partial charge in [0.05, 0.1) is 37.1 Å². The average Bonchev–Trinajstić information content (AvgIpc) is 3.49. The highest BCUT2D eigenvalue weighted by atomic mass is 32.1. The molecule has 0 saturated carbocycles. The molecule has 3 heterocycles. The number of hydrogen-bond donors (Lipinski definition) is 0. The predicted molar refractivity (Wildman–Crippen MR) is 112 cm³/mol. The van der Waals surface area contributed by atoms with E-state index in [4.69, 9.17) is 18.9 Å². The minimum absolute atomic E-state index is 0.0288. The molecule has 8 nitrogen and oxygen atoms in total. The summed E-state index contributed by atoms with van der Waals surface area (Å²) in [5.41, 5.74) is 2.20. The second kappa shape index (κ2) is 9.67. The Balaban J connectivity index is 1.37. The van der Waals surface area contributed by atoms with Crippen LogP contribution in [0.15, 0.2) is 48.0 Å². The van der Waals surface area contributed by atoms with Crippen LogP contribution >= 0.6 is 11.3 Å². The van der Waals surface area contributed by atoms with Gasteiger partial charge < -0.3 is 18.9 Å². The molecular weight excluding hydrogens is 420 g/mol. The first-order valence-corrected chi connectivity index (χ1v) is 10.5. The van der Waals surface area contributed by atoms with Gasteiger partial charge in [0.15, 0.2) is 0 Å². The van der Waals surface area contributed by atoms with E-state index in [9.17, 15) is 9.59 Å². The van der Waals surface area contributed by atoms with Crippen LogP contribution in [0.1, 0.15) is 32.8 Å². The van der Waals surface area contributed by atoms with Gasteiger partial charge >= 0.3 is 11.9 Å². The molecule has 1 fully saturated rings. The lowest BCUT2D eigenvalue weighted by molar-refractivity contribution is 0.0466. The normalized spacial score (nSPS) is 15.5. The molecule has 2 aromatic heterocycles. The highest BCUT2D eigenvalue weighted by molar-refractivity contribution is 7.13. The average molecular weight is 440 g/mol. The highest BCUT2D eigenvalue weighted by Gasteiger charge is 2.19. The zero-order chi connectivity index (χ0) is 21.6. The van der Waals surface area contributed by atoms with E-state index in [0.717, 1.165) is 17.0 Å². The molecule has 31 heavy (non-hydrogen) atoms. The van der Waals surface area contributed by atoms with Crippen molar-refractivity contribution in [1.82, 2.24) is 9.97 Å². The van der Waals surface area contributed by atoms with Crippen molar-refractivity contribution in [2.45, 2.75) is 19.1 Å². The van der Waals surface area contributed by atoms with Gasteiger partial charge in [-0.1, -0.05) is 12.1 Å². The smallest absolute Gasteiger partial charge is 0.338 e. The quantitative estimate of drug-likeness (QED) is 0.515. The molecule has 0 aliphatic carbocycles. The summed E-state index contributed by atoms with van der Waals surface area (Å²) in [5.74, 6) is -0.530. The third-order valence-corrected chi connectivity index (χ3v) is 5.52. The molecular formula is C22H20N2O6S. The second-order valence-electron chi connectivity index (χ2n) is 6.78. The molecule has 4 rings (SSSR count). The molecule has 0 spiro atoms. The van der Waals surface area contributed by atoms with E-state index in [1.165, 1.54) is 24.6 Å². The monoisotopic (exact) mass is 440 g/mol. The summed E-state index contributed by atoms with van der Waals surface area (Å²) in [6.07, 6.45) is 2.26. The van der Waals surface area contributed by atoms with Crippen LogP contribution in [-0.2, 0) is 20.8 Å². The fraction of sp³-hybridized carbons (Fsp3) is 0.273. The lowest BCUT2D eigenvalue weighted by atomic mass is 10.1. The number of benzene rings is 1. The van der Waals surface area contributed by atoms with Crippen LogP contribution in [0.2, 0.25) is 0 Å². The maximum absolute atomic E-state index is 12.4. The number of pyridine rings is 1. The third-order valence-electron chi connectivity index (χ3n) is 4.58. The van der Waals surface area contributed by atoms with Crippen molar-refractivity contribution in [3.8, 4) is 16.5 Å². The molecule has 0 N–H and O–H groups in total. The first kappa shape index (κ1) is 21.0. The Hall–Kier alpha value is -3.30. The largest absolute Gasteiger partial charge is 0.472 e.